The Bertz CT molecular complexity index is 247. The second-order valence-corrected chi connectivity index (χ2v) is 4.89. The molecule has 0 bridgehead atoms. The number of hydrogen-bond donors (Lipinski definition) is 2. The third-order valence-corrected chi connectivity index (χ3v) is 3.71. The lowest BCUT2D eigenvalue weighted by molar-refractivity contribution is -0.121. The van der Waals surface area contributed by atoms with E-state index in [1.165, 1.54) is 0 Å². The second-order valence-electron chi connectivity index (χ2n) is 4.89. The predicted molar refractivity (Wildman–Crippen MR) is 68.0 cm³/mol. The number of hydrogen-bond acceptors (Lipinski definition) is 4. The summed E-state index contributed by atoms with van der Waals surface area (Å²) in [6.07, 6.45) is 0.638. The van der Waals surface area contributed by atoms with Gasteiger partial charge in [-0.3, -0.25) is 9.69 Å². The Labute approximate surface area is 104 Å². The van der Waals surface area contributed by atoms with Crippen molar-refractivity contribution in [3.63, 3.8) is 0 Å². The van der Waals surface area contributed by atoms with Crippen molar-refractivity contribution in [1.82, 2.24) is 20.4 Å². The van der Waals surface area contributed by atoms with Crippen molar-refractivity contribution >= 4 is 5.91 Å². The molecule has 0 aromatic carbocycles. The fourth-order valence-corrected chi connectivity index (χ4v) is 2.43. The van der Waals surface area contributed by atoms with E-state index in [0.717, 1.165) is 58.4 Å². The monoisotopic (exact) mass is 240 g/mol. The van der Waals surface area contributed by atoms with Crippen LogP contribution in [0, 0.1) is 0 Å². The number of amides is 1. The van der Waals surface area contributed by atoms with E-state index in [-0.39, 0.29) is 5.91 Å². The van der Waals surface area contributed by atoms with Crippen LogP contribution >= 0.6 is 0 Å². The van der Waals surface area contributed by atoms with Crippen molar-refractivity contribution < 1.29 is 4.79 Å². The van der Waals surface area contributed by atoms with E-state index >= 15 is 0 Å². The van der Waals surface area contributed by atoms with E-state index in [2.05, 4.69) is 20.4 Å². The van der Waals surface area contributed by atoms with Crippen molar-refractivity contribution in [1.29, 1.82) is 0 Å². The van der Waals surface area contributed by atoms with Gasteiger partial charge in [0.1, 0.15) is 0 Å². The van der Waals surface area contributed by atoms with Crippen molar-refractivity contribution in [2.24, 2.45) is 0 Å². The molecule has 0 spiro atoms. The molecule has 1 amide bonds. The van der Waals surface area contributed by atoms with Crippen LogP contribution in [0.3, 0.4) is 0 Å². The molecule has 0 unspecified atom stereocenters. The van der Waals surface area contributed by atoms with E-state index in [9.17, 15) is 4.79 Å². The zero-order chi connectivity index (χ0) is 12.1. The molecule has 2 heterocycles. The molecule has 17 heavy (non-hydrogen) atoms. The first-order chi connectivity index (χ1) is 8.29. The van der Waals surface area contributed by atoms with Gasteiger partial charge in [0.25, 0.3) is 0 Å². The van der Waals surface area contributed by atoms with E-state index in [4.69, 9.17) is 0 Å². The zero-order valence-electron chi connectivity index (χ0n) is 10.7. The topological polar surface area (TPSA) is 47.6 Å². The van der Waals surface area contributed by atoms with Crippen molar-refractivity contribution in [2.75, 3.05) is 52.4 Å². The molecular weight excluding hydrogens is 216 g/mol. The largest absolute Gasteiger partial charge is 0.356 e. The van der Waals surface area contributed by atoms with E-state index in [0.29, 0.717) is 6.42 Å². The Morgan fingerprint density at radius 3 is 2.53 bits per heavy atom. The molecular formula is C12H24N4O. The fraction of sp³-hybridized carbons (Fsp3) is 0.917. The maximum absolute atomic E-state index is 11.4. The van der Waals surface area contributed by atoms with Crippen LogP contribution in [0.25, 0.3) is 0 Å². The molecule has 0 aliphatic carbocycles. The van der Waals surface area contributed by atoms with Crippen LogP contribution in [-0.2, 0) is 4.79 Å². The minimum atomic E-state index is 0.179. The van der Waals surface area contributed by atoms with Gasteiger partial charge in [-0.1, -0.05) is 0 Å². The van der Waals surface area contributed by atoms with Crippen LogP contribution in [0.2, 0.25) is 0 Å². The fourth-order valence-electron chi connectivity index (χ4n) is 2.43. The molecule has 2 N–H and O–H groups in total. The van der Waals surface area contributed by atoms with Gasteiger partial charge in [-0.25, -0.2) is 0 Å². The van der Waals surface area contributed by atoms with Crippen molar-refractivity contribution in [3.05, 3.63) is 0 Å². The Morgan fingerprint density at radius 1 is 1.29 bits per heavy atom. The van der Waals surface area contributed by atoms with Gasteiger partial charge in [0.2, 0.25) is 5.91 Å². The quantitative estimate of drug-likeness (QED) is 0.654. The SMILES string of the molecule is CCNC(=O)CCN1CCN(C2CNC2)CC1. The lowest BCUT2D eigenvalue weighted by atomic mass is 10.1. The van der Waals surface area contributed by atoms with Gasteiger partial charge < -0.3 is 15.5 Å². The Kier molecular flexibility index (Phi) is 4.76. The van der Waals surface area contributed by atoms with Gasteiger partial charge >= 0.3 is 0 Å². The maximum Gasteiger partial charge on any atom is 0.221 e. The summed E-state index contributed by atoms with van der Waals surface area (Å²) in [4.78, 5) is 16.3. The number of carbonyl (C=O) groups excluding carboxylic acids is 1. The van der Waals surface area contributed by atoms with Crippen LogP contribution < -0.4 is 10.6 Å². The average molecular weight is 240 g/mol. The zero-order valence-corrected chi connectivity index (χ0v) is 10.7. The summed E-state index contributed by atoms with van der Waals surface area (Å²) >= 11 is 0. The molecule has 0 aromatic heterocycles. The number of nitrogens with zero attached hydrogens (tertiary/aromatic N) is 2. The minimum Gasteiger partial charge on any atom is -0.356 e. The Balaban J connectivity index is 1.60. The average Bonchev–Trinajstić information content (AvgIpc) is 2.26. The molecule has 0 atom stereocenters. The van der Waals surface area contributed by atoms with E-state index < -0.39 is 0 Å². The number of piperazine rings is 1. The highest BCUT2D eigenvalue weighted by Crippen LogP contribution is 2.09. The first-order valence-electron chi connectivity index (χ1n) is 6.73. The molecule has 2 aliphatic rings. The summed E-state index contributed by atoms with van der Waals surface area (Å²) in [6, 6.07) is 0.764. The Morgan fingerprint density at radius 2 is 2.00 bits per heavy atom. The van der Waals surface area contributed by atoms with Crippen LogP contribution in [0.15, 0.2) is 0 Å². The first-order valence-corrected chi connectivity index (χ1v) is 6.73. The minimum absolute atomic E-state index is 0.179. The van der Waals surface area contributed by atoms with Gasteiger partial charge in [-0.15, -0.1) is 0 Å². The van der Waals surface area contributed by atoms with Gasteiger partial charge in [0.15, 0.2) is 0 Å². The highest BCUT2D eigenvalue weighted by molar-refractivity contribution is 5.75. The van der Waals surface area contributed by atoms with Gasteiger partial charge in [0.05, 0.1) is 0 Å². The van der Waals surface area contributed by atoms with Crippen LogP contribution in [0.5, 0.6) is 0 Å². The molecule has 0 aromatic rings. The summed E-state index contributed by atoms with van der Waals surface area (Å²) in [7, 11) is 0. The summed E-state index contributed by atoms with van der Waals surface area (Å²) in [5, 5.41) is 6.16. The number of rotatable bonds is 5. The van der Waals surface area contributed by atoms with Crippen LogP contribution in [-0.4, -0.2) is 74.1 Å². The lowest BCUT2D eigenvalue weighted by Crippen LogP contribution is -2.61. The molecule has 0 saturated carbocycles. The molecule has 2 saturated heterocycles. The molecule has 5 heteroatoms. The summed E-state index contributed by atoms with van der Waals surface area (Å²) in [5.41, 5.74) is 0. The number of carbonyl (C=O) groups is 1. The third kappa shape index (κ3) is 3.66. The standard InChI is InChI=1S/C12H24N4O/c1-2-14-12(17)3-4-15-5-7-16(8-6-15)11-9-13-10-11/h11,13H,2-10H2,1H3,(H,14,17). The van der Waals surface area contributed by atoms with Crippen LogP contribution in [0.4, 0.5) is 0 Å². The summed E-state index contributed by atoms with van der Waals surface area (Å²) < 4.78 is 0. The molecule has 2 fully saturated rings. The molecule has 2 rings (SSSR count). The molecule has 0 radical (unpaired) electrons. The molecule has 2 aliphatic heterocycles. The predicted octanol–water partition coefficient (Wildman–Crippen LogP) is -0.898. The first kappa shape index (κ1) is 12.8. The summed E-state index contributed by atoms with van der Waals surface area (Å²) in [5.74, 6) is 0.179. The normalized spacial score (nSPS) is 23.4. The van der Waals surface area contributed by atoms with Gasteiger partial charge in [0, 0.05) is 64.8 Å². The van der Waals surface area contributed by atoms with Crippen molar-refractivity contribution in [2.45, 2.75) is 19.4 Å². The highest BCUT2D eigenvalue weighted by atomic mass is 16.1. The molecule has 98 valence electrons. The Hall–Kier alpha value is -0.650. The van der Waals surface area contributed by atoms with E-state index in [1.807, 2.05) is 6.92 Å². The lowest BCUT2D eigenvalue weighted by Gasteiger charge is -2.43. The molecule has 5 nitrogen and oxygen atoms in total. The third-order valence-electron chi connectivity index (χ3n) is 3.71. The van der Waals surface area contributed by atoms with Crippen LogP contribution in [0.1, 0.15) is 13.3 Å². The van der Waals surface area contributed by atoms with E-state index in [1.54, 1.807) is 0 Å². The highest BCUT2D eigenvalue weighted by Gasteiger charge is 2.27. The number of nitrogens with one attached hydrogen (secondary N) is 2. The van der Waals surface area contributed by atoms with Gasteiger partial charge in [-0.05, 0) is 6.92 Å². The van der Waals surface area contributed by atoms with Crippen molar-refractivity contribution in [3.8, 4) is 0 Å². The van der Waals surface area contributed by atoms with Gasteiger partial charge in [-0.2, -0.15) is 0 Å². The maximum atomic E-state index is 11.4. The summed E-state index contributed by atoms with van der Waals surface area (Å²) in [6.45, 7) is 10.4. The second kappa shape index (κ2) is 6.33. The smallest absolute Gasteiger partial charge is 0.221 e.